The van der Waals surface area contributed by atoms with Crippen molar-refractivity contribution in [2.24, 2.45) is 0 Å². The maximum absolute atomic E-state index is 14.7. The van der Waals surface area contributed by atoms with E-state index in [4.69, 9.17) is 61.5 Å². The van der Waals surface area contributed by atoms with Crippen LogP contribution in [0.2, 0.25) is 0 Å². The van der Waals surface area contributed by atoms with Crippen LogP contribution < -0.4 is 11.1 Å². The lowest BCUT2D eigenvalue weighted by Crippen LogP contribution is -2.47. The van der Waals surface area contributed by atoms with Gasteiger partial charge >= 0.3 is 26.9 Å². The van der Waals surface area contributed by atoms with E-state index in [2.05, 4.69) is 20.3 Å². The van der Waals surface area contributed by atoms with Crippen molar-refractivity contribution in [2.45, 2.75) is 89.3 Å². The van der Waals surface area contributed by atoms with E-state index >= 15 is 0 Å². The van der Waals surface area contributed by atoms with Crippen LogP contribution in [0.25, 0.3) is 11.2 Å². The zero-order valence-corrected chi connectivity index (χ0v) is 33.9. The lowest BCUT2D eigenvalue weighted by molar-refractivity contribution is -0.122. The predicted molar refractivity (Wildman–Crippen MR) is 192 cm³/mol. The minimum Gasteiger partial charge on any atom is -0.432 e. The van der Waals surface area contributed by atoms with Crippen molar-refractivity contribution in [1.82, 2.24) is 29.7 Å². The molecule has 3 N–H and O–H groups in total. The summed E-state index contributed by atoms with van der Waals surface area (Å²) >= 11 is 0.533. The van der Waals surface area contributed by atoms with Crippen molar-refractivity contribution in [3.8, 4) is 0 Å². The van der Waals surface area contributed by atoms with Crippen LogP contribution in [0.3, 0.4) is 0 Å². The van der Waals surface area contributed by atoms with Gasteiger partial charge in [-0.05, 0) is 27.7 Å². The molecule has 0 saturated carbocycles. The molecule has 57 heavy (non-hydrogen) atoms. The zero-order chi connectivity index (χ0) is 40.9. The first kappa shape index (κ1) is 43.0. The molecule has 2 bridgehead atoms. The van der Waals surface area contributed by atoms with Gasteiger partial charge in [-0.2, -0.15) is 0 Å². The van der Waals surface area contributed by atoms with Crippen molar-refractivity contribution in [3.05, 3.63) is 24.9 Å². The van der Waals surface area contributed by atoms with Crippen LogP contribution in [-0.2, 0) is 69.7 Å². The van der Waals surface area contributed by atoms with Crippen LogP contribution in [0.5, 0.6) is 0 Å². The number of nitrogens with zero attached hydrogens (tertiary/aromatic N) is 5. The summed E-state index contributed by atoms with van der Waals surface area (Å²) in [4.78, 5) is 50.3. The molecule has 3 unspecified atom stereocenters. The molecule has 2 aromatic heterocycles. The maximum atomic E-state index is 14.7. The van der Waals surface area contributed by atoms with Gasteiger partial charge in [-0.15, -0.1) is 0 Å². The number of anilines is 1. The van der Waals surface area contributed by atoms with Gasteiger partial charge in [0.2, 0.25) is 12.7 Å². The minimum absolute atomic E-state index is 0.0260. The molecule has 316 valence electrons. The predicted octanol–water partition coefficient (Wildman–Crippen LogP) is 3.16. The van der Waals surface area contributed by atoms with Crippen molar-refractivity contribution in [1.29, 1.82) is 0 Å². The average molecular weight is 868 g/mol. The SMILES string of the molecule is CO[C@@H]1[C@@H]2OP(=O)(SCOC(=O)OC(C)C)OC[C@@H]3C[C@@H](OP(=O)(OCOC(=O)OC(C)C)OCC2O[C@H]1n1cnc2c(N)ncnc21)[C@H](N1C=CC(=O)NC1)O3. The summed E-state index contributed by atoms with van der Waals surface area (Å²) in [5.41, 5.74) is 6.53. The molecular weight excluding hydrogens is 824 g/mol. The first-order valence-electron chi connectivity index (χ1n) is 17.5. The van der Waals surface area contributed by atoms with Gasteiger partial charge in [-0.3, -0.25) is 27.5 Å². The Morgan fingerprint density at radius 1 is 1.00 bits per heavy atom. The summed E-state index contributed by atoms with van der Waals surface area (Å²) in [7, 11) is -3.42. The smallest absolute Gasteiger partial charge is 0.432 e. The Morgan fingerprint density at radius 3 is 2.46 bits per heavy atom. The highest BCUT2D eigenvalue weighted by atomic mass is 32.7. The quantitative estimate of drug-likeness (QED) is 0.186. The van der Waals surface area contributed by atoms with E-state index in [1.807, 2.05) is 0 Å². The summed E-state index contributed by atoms with van der Waals surface area (Å²) in [6.45, 7) is 0.0897. The van der Waals surface area contributed by atoms with Gasteiger partial charge in [0, 0.05) is 37.2 Å². The average Bonchev–Trinajstić information content (AvgIpc) is 3.85. The third kappa shape index (κ3) is 10.7. The molecule has 27 heteroatoms. The van der Waals surface area contributed by atoms with Crippen molar-refractivity contribution in [2.75, 3.05) is 45.5 Å². The molecule has 4 aliphatic heterocycles. The summed E-state index contributed by atoms with van der Waals surface area (Å²) < 4.78 is 98.8. The molecule has 0 aromatic carbocycles. The molecule has 3 fully saturated rings. The highest BCUT2D eigenvalue weighted by Gasteiger charge is 2.53. The third-order valence-electron chi connectivity index (χ3n) is 8.31. The molecule has 3 saturated heterocycles. The maximum Gasteiger partial charge on any atom is 0.510 e. The second-order valence-electron chi connectivity index (χ2n) is 13.1. The molecule has 9 atom stereocenters. The van der Waals surface area contributed by atoms with Gasteiger partial charge < -0.3 is 49.1 Å². The number of phosphoric acid groups is 1. The topological polar surface area (TPSA) is 281 Å². The van der Waals surface area contributed by atoms with E-state index in [1.54, 1.807) is 32.6 Å². The van der Waals surface area contributed by atoms with Crippen molar-refractivity contribution in [3.63, 3.8) is 0 Å². The van der Waals surface area contributed by atoms with Crippen LogP contribution in [0.15, 0.2) is 24.9 Å². The summed E-state index contributed by atoms with van der Waals surface area (Å²) in [6, 6.07) is 0. The Morgan fingerprint density at radius 2 is 1.75 bits per heavy atom. The Bertz CT molecular complexity index is 1890. The molecule has 0 spiro atoms. The number of rotatable bonds is 11. The van der Waals surface area contributed by atoms with Crippen LogP contribution in [-0.4, -0.2) is 131 Å². The number of methoxy groups -OCH3 is 1. The molecule has 24 nitrogen and oxygen atoms in total. The number of nitrogen functional groups attached to an aromatic ring is 1. The van der Waals surface area contributed by atoms with Gasteiger partial charge in [0.1, 0.15) is 36.3 Å². The largest absolute Gasteiger partial charge is 0.510 e. The number of hydrogen-bond acceptors (Lipinski definition) is 23. The number of amides is 1. The highest BCUT2D eigenvalue weighted by Crippen LogP contribution is 2.64. The Balaban J connectivity index is 1.33. The second-order valence-corrected chi connectivity index (χ2v) is 18.7. The summed E-state index contributed by atoms with van der Waals surface area (Å²) in [5.74, 6) is -0.800. The van der Waals surface area contributed by atoms with Gasteiger partial charge in [0.05, 0.1) is 44.5 Å². The van der Waals surface area contributed by atoms with Gasteiger partial charge in [-0.25, -0.2) is 38.2 Å². The first-order valence-corrected chi connectivity index (χ1v) is 22.1. The number of carbonyl (C=O) groups excluding carboxylic acids is 3. The fraction of sp³-hybridized carbons (Fsp3) is 0.667. The molecular formula is C30H43N7O17P2S. The monoisotopic (exact) mass is 867 g/mol. The lowest BCUT2D eigenvalue weighted by Gasteiger charge is -2.34. The first-order chi connectivity index (χ1) is 27.2. The minimum atomic E-state index is -4.76. The van der Waals surface area contributed by atoms with Gasteiger partial charge in [0.25, 0.3) is 0 Å². The molecule has 4 aliphatic rings. The number of aromatic nitrogens is 4. The van der Waals surface area contributed by atoms with Gasteiger partial charge in [-0.1, -0.05) is 0 Å². The van der Waals surface area contributed by atoms with E-state index in [-0.39, 0.29) is 36.0 Å². The van der Waals surface area contributed by atoms with E-state index in [1.165, 1.54) is 36.6 Å². The third-order valence-corrected chi connectivity index (χ3v) is 13.1. The van der Waals surface area contributed by atoms with Gasteiger partial charge in [0.15, 0.2) is 29.9 Å². The normalized spacial score (nSPS) is 31.9. The molecule has 0 aliphatic carbocycles. The summed E-state index contributed by atoms with van der Waals surface area (Å²) in [6.07, 6.45) is -5.77. The van der Waals surface area contributed by atoms with Crippen LogP contribution in [0, 0.1) is 0 Å². The number of nitrogens with two attached hydrogens (primary N) is 1. The zero-order valence-electron chi connectivity index (χ0n) is 31.3. The van der Waals surface area contributed by atoms with Crippen LogP contribution in [0.4, 0.5) is 15.4 Å². The standard InChI is InChI=1S/C30H43N7O17P2S/c1-16(2)49-29(39)44-14-48-55(41)46-10-20-23(24(43-5)28(52-20)37-13-35-22-25(31)32-11-33-26(22)37)54-56(42,57-15-45-30(40)50-17(3)4)47-9-18-8-19(53-55)27(51-18)36-7-6-21(38)34-12-36/h6-7,11,13,16-20,23-24,27-28H,8-10,12,14-15H2,1-5H3,(H,34,38)(H2,31,32,33)/t18-,19+,20?,23+,24+,27+,28+,55?,56?/m0/s1. The van der Waals surface area contributed by atoms with Crippen LogP contribution >= 0.6 is 26.0 Å². The number of carbonyl (C=O) groups is 3. The highest BCUT2D eigenvalue weighted by molar-refractivity contribution is 8.55. The molecule has 2 aromatic rings. The number of ether oxygens (including phenoxy) is 7. The van der Waals surface area contributed by atoms with E-state index < -0.39 is 108 Å². The van der Waals surface area contributed by atoms with E-state index in [9.17, 15) is 23.5 Å². The lowest BCUT2D eigenvalue weighted by atomic mass is 10.1. The number of phosphoric ester groups is 1. The number of imidazole rings is 1. The fourth-order valence-corrected chi connectivity index (χ4v) is 9.95. The molecule has 0 radical (unpaired) electrons. The number of fused-ring (bicyclic) bond motifs is 4. The fourth-order valence-electron chi connectivity index (χ4n) is 5.91. The Labute approximate surface area is 329 Å². The number of nitrogens with one attached hydrogen (secondary N) is 1. The van der Waals surface area contributed by atoms with Crippen molar-refractivity contribution >= 4 is 61.2 Å². The molecule has 6 heterocycles. The van der Waals surface area contributed by atoms with E-state index in [0.717, 1.165) is 0 Å². The van der Waals surface area contributed by atoms with Crippen LogP contribution in [0.1, 0.15) is 40.3 Å². The molecule has 1 amide bonds. The molecule has 6 rings (SSSR count). The summed E-state index contributed by atoms with van der Waals surface area (Å²) in [5, 5.41) is 2.64. The number of hydrogen-bond donors (Lipinski definition) is 2. The van der Waals surface area contributed by atoms with E-state index in [0.29, 0.717) is 11.4 Å². The second kappa shape index (κ2) is 18.5. The Kier molecular flexibility index (Phi) is 14.0. The van der Waals surface area contributed by atoms with Crippen molar-refractivity contribution < 1.29 is 79.3 Å². The Hall–Kier alpha value is -3.61.